The van der Waals surface area contributed by atoms with E-state index in [0.29, 0.717) is 6.61 Å². The summed E-state index contributed by atoms with van der Waals surface area (Å²) >= 11 is 0. The quantitative estimate of drug-likeness (QED) is 0.545. The Morgan fingerprint density at radius 2 is 1.57 bits per heavy atom. The Morgan fingerprint density at radius 3 is 2.29 bits per heavy atom. The Balaban J connectivity index is 1.86. The summed E-state index contributed by atoms with van der Waals surface area (Å²) in [6.07, 6.45) is 5.82. The van der Waals surface area contributed by atoms with Crippen molar-refractivity contribution >= 4 is 5.91 Å². The topological polar surface area (TPSA) is 42.0 Å². The Hall–Kier alpha value is -0.650. The van der Waals surface area contributed by atoms with Gasteiger partial charge in [-0.1, -0.05) is 26.2 Å². The molecule has 0 aromatic rings. The number of hydrogen-bond donors (Lipinski definition) is 0. The summed E-state index contributed by atoms with van der Waals surface area (Å²) in [6, 6.07) is 0. The fourth-order valence-corrected chi connectivity index (χ4v) is 2.30. The molecule has 1 aliphatic heterocycles. The monoisotopic (exact) mass is 300 g/mol. The zero-order valence-corrected chi connectivity index (χ0v) is 13.8. The lowest BCUT2D eigenvalue weighted by atomic mass is 10.2. The van der Waals surface area contributed by atoms with Gasteiger partial charge in [-0.3, -0.25) is 4.79 Å². The van der Waals surface area contributed by atoms with E-state index >= 15 is 0 Å². The van der Waals surface area contributed by atoms with Crippen molar-refractivity contribution in [3.63, 3.8) is 0 Å². The summed E-state index contributed by atoms with van der Waals surface area (Å²) in [5.41, 5.74) is 0. The molecule has 0 N–H and O–H groups in total. The second-order valence-electron chi connectivity index (χ2n) is 5.76. The SMILES string of the molecule is CCCCCCOCCCOCC(=O)N1CCN(C)CC1. The molecule has 0 saturated carbocycles. The molecule has 0 spiro atoms. The zero-order valence-electron chi connectivity index (χ0n) is 13.8. The first-order valence-electron chi connectivity index (χ1n) is 8.36. The molecule has 1 saturated heterocycles. The molecule has 0 bridgehead atoms. The second-order valence-corrected chi connectivity index (χ2v) is 5.76. The Morgan fingerprint density at radius 1 is 0.905 bits per heavy atom. The molecule has 0 aliphatic carbocycles. The number of unbranched alkanes of at least 4 members (excludes halogenated alkanes) is 3. The van der Waals surface area contributed by atoms with Crippen LogP contribution >= 0.6 is 0 Å². The minimum absolute atomic E-state index is 0.114. The average Bonchev–Trinajstić information content (AvgIpc) is 2.49. The van der Waals surface area contributed by atoms with Gasteiger partial charge in [0.1, 0.15) is 6.61 Å². The third kappa shape index (κ3) is 9.06. The summed E-state index contributed by atoms with van der Waals surface area (Å²) in [7, 11) is 2.08. The minimum atomic E-state index is 0.114. The Bertz CT molecular complexity index is 266. The molecule has 0 radical (unpaired) electrons. The van der Waals surface area contributed by atoms with Crippen LogP contribution in [-0.2, 0) is 14.3 Å². The van der Waals surface area contributed by atoms with Crippen molar-refractivity contribution in [2.45, 2.75) is 39.0 Å². The molecule has 0 unspecified atom stereocenters. The molecule has 0 aromatic heterocycles. The molecule has 0 aromatic carbocycles. The fraction of sp³-hybridized carbons (Fsp3) is 0.938. The van der Waals surface area contributed by atoms with Crippen molar-refractivity contribution in [2.24, 2.45) is 0 Å². The Kier molecular flexibility index (Phi) is 10.5. The predicted octanol–water partition coefficient (Wildman–Crippen LogP) is 1.76. The maximum Gasteiger partial charge on any atom is 0.248 e. The van der Waals surface area contributed by atoms with Gasteiger partial charge in [-0.25, -0.2) is 0 Å². The maximum absolute atomic E-state index is 11.9. The highest BCUT2D eigenvalue weighted by Gasteiger charge is 2.18. The molecule has 1 fully saturated rings. The number of carbonyl (C=O) groups excluding carboxylic acids is 1. The van der Waals surface area contributed by atoms with Crippen LogP contribution in [0.2, 0.25) is 0 Å². The van der Waals surface area contributed by atoms with Crippen LogP contribution in [0.25, 0.3) is 0 Å². The van der Waals surface area contributed by atoms with Gasteiger partial charge in [-0.15, -0.1) is 0 Å². The fourth-order valence-electron chi connectivity index (χ4n) is 2.30. The lowest BCUT2D eigenvalue weighted by molar-refractivity contribution is -0.137. The molecule has 21 heavy (non-hydrogen) atoms. The molecule has 1 amide bonds. The third-order valence-electron chi connectivity index (χ3n) is 3.80. The van der Waals surface area contributed by atoms with Crippen LogP contribution in [0.1, 0.15) is 39.0 Å². The third-order valence-corrected chi connectivity index (χ3v) is 3.80. The lowest BCUT2D eigenvalue weighted by Crippen LogP contribution is -2.48. The van der Waals surface area contributed by atoms with Crippen LogP contribution in [0.4, 0.5) is 0 Å². The number of rotatable bonds is 11. The first kappa shape index (κ1) is 18.4. The highest BCUT2D eigenvalue weighted by Crippen LogP contribution is 2.01. The van der Waals surface area contributed by atoms with Gasteiger partial charge in [0.15, 0.2) is 0 Å². The van der Waals surface area contributed by atoms with Crippen LogP contribution in [-0.4, -0.2) is 75.4 Å². The van der Waals surface area contributed by atoms with Gasteiger partial charge in [0, 0.05) is 46.0 Å². The molecule has 1 rings (SSSR count). The number of piperazine rings is 1. The lowest BCUT2D eigenvalue weighted by Gasteiger charge is -2.32. The van der Waals surface area contributed by atoms with Gasteiger partial charge < -0.3 is 19.3 Å². The van der Waals surface area contributed by atoms with Crippen LogP contribution in [0.15, 0.2) is 0 Å². The number of hydrogen-bond acceptors (Lipinski definition) is 4. The summed E-state index contributed by atoms with van der Waals surface area (Å²) in [4.78, 5) is 16.0. The van der Waals surface area contributed by atoms with E-state index in [1.54, 1.807) is 0 Å². The van der Waals surface area contributed by atoms with E-state index in [2.05, 4.69) is 18.9 Å². The van der Waals surface area contributed by atoms with Gasteiger partial charge in [-0.05, 0) is 19.9 Å². The smallest absolute Gasteiger partial charge is 0.248 e. The molecular formula is C16H32N2O3. The second kappa shape index (κ2) is 12.0. The first-order chi connectivity index (χ1) is 10.2. The molecule has 1 heterocycles. The number of nitrogens with zero attached hydrogens (tertiary/aromatic N) is 2. The number of likely N-dealkylation sites (N-methyl/N-ethyl adjacent to an activating group) is 1. The average molecular weight is 300 g/mol. The van der Waals surface area contributed by atoms with Crippen molar-refractivity contribution in [3.05, 3.63) is 0 Å². The van der Waals surface area contributed by atoms with Gasteiger partial charge in [0.2, 0.25) is 5.91 Å². The summed E-state index contributed by atoms with van der Waals surface area (Å²) in [6.45, 7) is 8.15. The van der Waals surface area contributed by atoms with Crippen molar-refractivity contribution < 1.29 is 14.3 Å². The number of ether oxygens (including phenoxy) is 2. The van der Waals surface area contributed by atoms with Crippen LogP contribution in [0, 0.1) is 0 Å². The Labute approximate surface area is 129 Å². The molecule has 124 valence electrons. The van der Waals surface area contributed by atoms with E-state index in [9.17, 15) is 4.79 Å². The van der Waals surface area contributed by atoms with Crippen molar-refractivity contribution in [3.8, 4) is 0 Å². The van der Waals surface area contributed by atoms with Crippen molar-refractivity contribution in [1.29, 1.82) is 0 Å². The van der Waals surface area contributed by atoms with E-state index < -0.39 is 0 Å². The van der Waals surface area contributed by atoms with Gasteiger partial charge in [0.05, 0.1) is 0 Å². The highest BCUT2D eigenvalue weighted by molar-refractivity contribution is 5.77. The molecule has 0 atom stereocenters. The van der Waals surface area contributed by atoms with E-state index in [4.69, 9.17) is 9.47 Å². The van der Waals surface area contributed by atoms with Gasteiger partial charge in [-0.2, -0.15) is 0 Å². The standard InChI is InChI=1S/C16H32N2O3/c1-3-4-5-6-12-20-13-7-14-21-15-16(19)18-10-8-17(2)9-11-18/h3-15H2,1-2H3. The molecular weight excluding hydrogens is 268 g/mol. The molecule has 5 nitrogen and oxygen atoms in total. The summed E-state index contributed by atoms with van der Waals surface area (Å²) in [5, 5.41) is 0. The summed E-state index contributed by atoms with van der Waals surface area (Å²) < 4.78 is 11.0. The van der Waals surface area contributed by atoms with Crippen molar-refractivity contribution in [1.82, 2.24) is 9.80 Å². The van der Waals surface area contributed by atoms with Gasteiger partial charge in [0.25, 0.3) is 0 Å². The highest BCUT2D eigenvalue weighted by atomic mass is 16.5. The van der Waals surface area contributed by atoms with Gasteiger partial charge >= 0.3 is 0 Å². The van der Waals surface area contributed by atoms with E-state index in [1.165, 1.54) is 19.3 Å². The van der Waals surface area contributed by atoms with Crippen molar-refractivity contribution in [2.75, 3.05) is 59.7 Å². The van der Waals surface area contributed by atoms with Crippen LogP contribution in [0.5, 0.6) is 0 Å². The summed E-state index contributed by atoms with van der Waals surface area (Å²) in [5.74, 6) is 0.114. The zero-order chi connectivity index (χ0) is 15.3. The predicted molar refractivity (Wildman–Crippen MR) is 84.5 cm³/mol. The van der Waals surface area contributed by atoms with E-state index in [0.717, 1.165) is 52.2 Å². The van der Waals surface area contributed by atoms with E-state index in [1.807, 2.05) is 4.90 Å². The normalized spacial score (nSPS) is 16.4. The van der Waals surface area contributed by atoms with E-state index in [-0.39, 0.29) is 12.5 Å². The largest absolute Gasteiger partial charge is 0.381 e. The molecule has 5 heteroatoms. The number of carbonyl (C=O) groups is 1. The first-order valence-corrected chi connectivity index (χ1v) is 8.36. The number of amides is 1. The maximum atomic E-state index is 11.9. The molecule has 1 aliphatic rings. The van der Waals surface area contributed by atoms with Crippen LogP contribution < -0.4 is 0 Å². The van der Waals surface area contributed by atoms with Crippen LogP contribution in [0.3, 0.4) is 0 Å². The minimum Gasteiger partial charge on any atom is -0.381 e.